The molecule has 0 radical (unpaired) electrons. The Morgan fingerprint density at radius 3 is 1.91 bits per heavy atom. The van der Waals surface area contributed by atoms with E-state index in [1.165, 1.54) is 16.0 Å². The first-order valence-corrected chi connectivity index (χ1v) is 8.91. The highest BCUT2D eigenvalue weighted by molar-refractivity contribution is 7.99. The fourth-order valence-electron chi connectivity index (χ4n) is 1.64. The molecular formula is C19H24OS2. The van der Waals surface area contributed by atoms with Gasteiger partial charge in [0.1, 0.15) is 5.78 Å². The summed E-state index contributed by atoms with van der Waals surface area (Å²) in [5, 5.41) is 0. The molecule has 0 aromatic heterocycles. The number of benzene rings is 2. The van der Waals surface area contributed by atoms with Crippen molar-refractivity contribution in [1.82, 2.24) is 0 Å². The van der Waals surface area contributed by atoms with E-state index >= 15 is 0 Å². The lowest BCUT2D eigenvalue weighted by Gasteiger charge is -2.00. The van der Waals surface area contributed by atoms with Crippen LogP contribution in [0.3, 0.4) is 0 Å². The highest BCUT2D eigenvalue weighted by Gasteiger charge is 1.98. The standard InChI is InChI=1S/C12H16OS.C7H8S/c1-3-11(13)8-9-14-12-6-4-10(2)5-7-12;1-6-2-4-7(8)5-3-6/h4-7H,3,8-9H2,1-2H3;2-5,8H,1H3. The molecule has 3 heteroatoms. The van der Waals surface area contributed by atoms with E-state index in [1.807, 2.05) is 31.2 Å². The molecule has 0 fully saturated rings. The smallest absolute Gasteiger partial charge is 0.133 e. The Kier molecular flexibility index (Phi) is 9.02. The van der Waals surface area contributed by atoms with E-state index in [1.54, 1.807) is 11.8 Å². The number of ketones is 1. The van der Waals surface area contributed by atoms with Crippen LogP contribution < -0.4 is 0 Å². The van der Waals surface area contributed by atoms with Crippen molar-refractivity contribution in [1.29, 1.82) is 0 Å². The summed E-state index contributed by atoms with van der Waals surface area (Å²) in [5.74, 6) is 1.25. The van der Waals surface area contributed by atoms with Crippen LogP contribution in [0.4, 0.5) is 0 Å². The first-order chi connectivity index (χ1) is 10.5. The molecule has 0 unspecified atom stereocenters. The lowest BCUT2D eigenvalue weighted by molar-refractivity contribution is -0.118. The summed E-state index contributed by atoms with van der Waals surface area (Å²) < 4.78 is 0. The van der Waals surface area contributed by atoms with Crippen LogP contribution in [-0.2, 0) is 4.79 Å². The summed E-state index contributed by atoms with van der Waals surface area (Å²) in [6.07, 6.45) is 1.35. The maximum atomic E-state index is 11.0. The van der Waals surface area contributed by atoms with E-state index in [2.05, 4.69) is 50.7 Å². The number of hydrogen-bond acceptors (Lipinski definition) is 3. The average molecular weight is 333 g/mol. The molecule has 22 heavy (non-hydrogen) atoms. The third kappa shape index (κ3) is 8.30. The van der Waals surface area contributed by atoms with Gasteiger partial charge in [-0.05, 0) is 38.1 Å². The third-order valence-corrected chi connectivity index (χ3v) is 4.41. The molecule has 0 bridgehead atoms. The minimum atomic E-state index is 0.351. The zero-order valence-electron chi connectivity index (χ0n) is 13.5. The van der Waals surface area contributed by atoms with Crippen molar-refractivity contribution < 1.29 is 4.79 Å². The molecule has 0 saturated carbocycles. The summed E-state index contributed by atoms with van der Waals surface area (Å²) in [6.45, 7) is 6.06. The maximum absolute atomic E-state index is 11.0. The molecule has 0 atom stereocenters. The molecule has 118 valence electrons. The van der Waals surface area contributed by atoms with Crippen LogP contribution in [0.1, 0.15) is 30.9 Å². The van der Waals surface area contributed by atoms with Gasteiger partial charge in [-0.25, -0.2) is 0 Å². The van der Waals surface area contributed by atoms with Crippen LogP contribution in [0.5, 0.6) is 0 Å². The molecule has 0 N–H and O–H groups in total. The second kappa shape index (κ2) is 10.5. The van der Waals surface area contributed by atoms with E-state index in [-0.39, 0.29) is 0 Å². The first kappa shape index (κ1) is 18.9. The van der Waals surface area contributed by atoms with E-state index in [4.69, 9.17) is 0 Å². The number of rotatable bonds is 5. The molecule has 2 rings (SSSR count). The molecule has 0 aliphatic rings. The monoisotopic (exact) mass is 332 g/mol. The third-order valence-electron chi connectivity index (χ3n) is 3.10. The average Bonchev–Trinajstić information content (AvgIpc) is 2.52. The van der Waals surface area contributed by atoms with Gasteiger partial charge in [0, 0.05) is 28.4 Å². The van der Waals surface area contributed by atoms with Crippen molar-refractivity contribution in [2.75, 3.05) is 5.75 Å². The predicted octanol–water partition coefficient (Wildman–Crippen LogP) is 5.74. The summed E-state index contributed by atoms with van der Waals surface area (Å²) in [5.41, 5.74) is 2.56. The van der Waals surface area contributed by atoms with Gasteiger partial charge in [0.05, 0.1) is 0 Å². The second-order valence-corrected chi connectivity index (χ2v) is 6.82. The normalized spacial score (nSPS) is 9.82. The molecule has 0 aliphatic heterocycles. The molecule has 2 aromatic carbocycles. The van der Waals surface area contributed by atoms with Crippen molar-refractivity contribution in [3.05, 3.63) is 59.7 Å². The number of aryl methyl sites for hydroxylation is 2. The topological polar surface area (TPSA) is 17.1 Å². The Morgan fingerprint density at radius 1 is 0.955 bits per heavy atom. The minimum absolute atomic E-state index is 0.351. The highest BCUT2D eigenvalue weighted by Crippen LogP contribution is 2.19. The van der Waals surface area contributed by atoms with Crippen molar-refractivity contribution in [3.63, 3.8) is 0 Å². The molecular weight excluding hydrogens is 308 g/mol. The number of thioether (sulfide) groups is 1. The van der Waals surface area contributed by atoms with Gasteiger partial charge in [-0.1, -0.05) is 42.3 Å². The van der Waals surface area contributed by atoms with Crippen LogP contribution >= 0.6 is 24.4 Å². The number of hydrogen-bond donors (Lipinski definition) is 1. The van der Waals surface area contributed by atoms with Gasteiger partial charge in [-0.3, -0.25) is 4.79 Å². The Labute approximate surface area is 143 Å². The largest absolute Gasteiger partial charge is 0.300 e. The van der Waals surface area contributed by atoms with E-state index < -0.39 is 0 Å². The fourth-order valence-corrected chi connectivity index (χ4v) is 2.68. The molecule has 0 amide bonds. The van der Waals surface area contributed by atoms with Crippen molar-refractivity contribution in [2.45, 2.75) is 43.4 Å². The van der Waals surface area contributed by atoms with Crippen LogP contribution in [0.2, 0.25) is 0 Å². The molecule has 0 spiro atoms. The molecule has 1 nitrogen and oxygen atoms in total. The van der Waals surface area contributed by atoms with E-state index in [0.29, 0.717) is 18.6 Å². The summed E-state index contributed by atoms with van der Waals surface area (Å²) in [7, 11) is 0. The summed E-state index contributed by atoms with van der Waals surface area (Å²) in [6, 6.07) is 16.5. The SMILES string of the molecule is CCC(=O)CCSc1ccc(C)cc1.Cc1ccc(S)cc1. The zero-order chi connectivity index (χ0) is 16.4. The Bertz CT molecular complexity index is 538. The van der Waals surface area contributed by atoms with Crippen LogP contribution in [0.25, 0.3) is 0 Å². The fraction of sp³-hybridized carbons (Fsp3) is 0.316. The molecule has 2 aromatic rings. The molecule has 0 aliphatic carbocycles. The Morgan fingerprint density at radius 2 is 1.45 bits per heavy atom. The number of carbonyl (C=O) groups is 1. The van der Waals surface area contributed by atoms with Gasteiger partial charge in [0.15, 0.2) is 0 Å². The van der Waals surface area contributed by atoms with Crippen molar-refractivity contribution >= 4 is 30.2 Å². The second-order valence-electron chi connectivity index (χ2n) is 5.14. The number of thiol groups is 1. The van der Waals surface area contributed by atoms with E-state index in [0.717, 1.165) is 10.6 Å². The number of carbonyl (C=O) groups excluding carboxylic acids is 1. The van der Waals surface area contributed by atoms with Crippen LogP contribution in [0.15, 0.2) is 58.3 Å². The summed E-state index contributed by atoms with van der Waals surface area (Å²) >= 11 is 5.88. The lowest BCUT2D eigenvalue weighted by atomic mass is 10.2. The van der Waals surface area contributed by atoms with Gasteiger partial charge < -0.3 is 0 Å². The zero-order valence-corrected chi connectivity index (χ0v) is 15.2. The Hall–Kier alpha value is -1.19. The Balaban J connectivity index is 0.000000255. The van der Waals surface area contributed by atoms with Crippen molar-refractivity contribution in [3.8, 4) is 0 Å². The quantitative estimate of drug-likeness (QED) is 0.555. The van der Waals surface area contributed by atoms with Gasteiger partial charge >= 0.3 is 0 Å². The van der Waals surface area contributed by atoms with E-state index in [9.17, 15) is 4.79 Å². The van der Waals surface area contributed by atoms with Gasteiger partial charge in [0.25, 0.3) is 0 Å². The van der Waals surface area contributed by atoms with Gasteiger partial charge in [0.2, 0.25) is 0 Å². The predicted molar refractivity (Wildman–Crippen MR) is 100 cm³/mol. The highest BCUT2D eigenvalue weighted by atomic mass is 32.2. The van der Waals surface area contributed by atoms with Crippen LogP contribution in [-0.4, -0.2) is 11.5 Å². The number of Topliss-reactive ketones (excluding diaryl/α,β-unsaturated/α-hetero) is 1. The minimum Gasteiger partial charge on any atom is -0.300 e. The van der Waals surface area contributed by atoms with Crippen LogP contribution in [0, 0.1) is 13.8 Å². The maximum Gasteiger partial charge on any atom is 0.133 e. The van der Waals surface area contributed by atoms with Crippen molar-refractivity contribution in [2.24, 2.45) is 0 Å². The first-order valence-electron chi connectivity index (χ1n) is 7.48. The molecule has 0 saturated heterocycles. The molecule has 0 heterocycles. The summed E-state index contributed by atoms with van der Waals surface area (Å²) in [4.78, 5) is 13.3. The van der Waals surface area contributed by atoms with Gasteiger partial charge in [-0.15, -0.1) is 24.4 Å². The lowest BCUT2D eigenvalue weighted by Crippen LogP contribution is -1.96. The van der Waals surface area contributed by atoms with Gasteiger partial charge in [-0.2, -0.15) is 0 Å².